The fraction of sp³-hybridized carbons (Fsp3) is 0.533. The molecule has 3 N–H and O–H groups in total. The number of likely N-dealkylation sites (tertiary alicyclic amines) is 1. The average Bonchev–Trinajstić information content (AvgIpc) is 3.08. The number of nitrogens with two attached hydrogens (primary N) is 1. The van der Waals surface area contributed by atoms with E-state index in [1.54, 1.807) is 23.1 Å². The highest BCUT2D eigenvalue weighted by molar-refractivity contribution is 5.68. The highest BCUT2D eigenvalue weighted by Gasteiger charge is 2.32. The third-order valence-electron chi connectivity index (χ3n) is 4.25. The highest BCUT2D eigenvalue weighted by atomic mass is 19.4. The molecule has 0 aromatic carbocycles. The molecule has 136 valence electrons. The lowest BCUT2D eigenvalue weighted by atomic mass is 9.97. The number of nitrogens with one attached hydrogen (secondary N) is 1. The molecule has 1 aliphatic heterocycles. The lowest BCUT2D eigenvalue weighted by Gasteiger charge is -2.32. The quantitative estimate of drug-likeness (QED) is 0.853. The van der Waals surface area contributed by atoms with E-state index in [-0.39, 0.29) is 5.92 Å². The molecule has 1 saturated heterocycles. The van der Waals surface area contributed by atoms with Crippen LogP contribution >= 0.6 is 0 Å². The minimum absolute atomic E-state index is 0.284. The van der Waals surface area contributed by atoms with Gasteiger partial charge in [0.25, 0.3) is 0 Å². The Balaban J connectivity index is 1.54. The molecule has 1 fully saturated rings. The van der Waals surface area contributed by atoms with Crippen molar-refractivity contribution >= 4 is 11.5 Å². The Morgan fingerprint density at radius 1 is 1.24 bits per heavy atom. The standard InChI is InChI=1S/C15H20F3N7/c16-15(17,18)9-24-6-2-11(3-7-24)8-20-13-12(19)14(22-10-21-13)25-5-1-4-23-25/h1,4-5,10-11H,2-3,6-9,19H2,(H,20,21,22). The number of nitrogen functional groups attached to an aromatic ring is 1. The van der Waals surface area contributed by atoms with Crippen LogP contribution in [0.4, 0.5) is 24.7 Å². The Kier molecular flexibility index (Phi) is 5.07. The number of piperidine rings is 1. The Bertz CT molecular complexity index is 679. The second kappa shape index (κ2) is 7.26. The predicted octanol–water partition coefficient (Wildman–Crippen LogP) is 1.93. The molecule has 0 radical (unpaired) electrons. The van der Waals surface area contributed by atoms with Crippen LogP contribution in [0.25, 0.3) is 5.82 Å². The van der Waals surface area contributed by atoms with Gasteiger partial charge in [-0.3, -0.25) is 4.90 Å². The van der Waals surface area contributed by atoms with Gasteiger partial charge in [-0.25, -0.2) is 14.6 Å². The van der Waals surface area contributed by atoms with Gasteiger partial charge in [0.05, 0.1) is 6.54 Å². The summed E-state index contributed by atoms with van der Waals surface area (Å²) in [6.07, 6.45) is 2.05. The summed E-state index contributed by atoms with van der Waals surface area (Å²) >= 11 is 0. The smallest absolute Gasteiger partial charge is 0.393 e. The van der Waals surface area contributed by atoms with Crippen molar-refractivity contribution in [3.63, 3.8) is 0 Å². The third kappa shape index (κ3) is 4.59. The molecule has 0 aliphatic carbocycles. The van der Waals surface area contributed by atoms with E-state index in [9.17, 15) is 13.2 Å². The second-order valence-electron chi connectivity index (χ2n) is 6.13. The highest BCUT2D eigenvalue weighted by Crippen LogP contribution is 2.25. The summed E-state index contributed by atoms with van der Waals surface area (Å²) in [5.74, 6) is 1.28. The lowest BCUT2D eigenvalue weighted by Crippen LogP contribution is -2.41. The van der Waals surface area contributed by atoms with Crippen LogP contribution in [0.1, 0.15) is 12.8 Å². The first-order valence-electron chi connectivity index (χ1n) is 8.06. The van der Waals surface area contributed by atoms with Crippen LogP contribution < -0.4 is 11.1 Å². The van der Waals surface area contributed by atoms with Crippen LogP contribution in [0.3, 0.4) is 0 Å². The van der Waals surface area contributed by atoms with E-state index in [2.05, 4.69) is 20.4 Å². The number of nitrogens with zero attached hydrogens (tertiary/aromatic N) is 5. The van der Waals surface area contributed by atoms with Crippen molar-refractivity contribution in [1.29, 1.82) is 0 Å². The molecular formula is C15H20F3N7. The van der Waals surface area contributed by atoms with Gasteiger partial charge in [0.1, 0.15) is 12.0 Å². The van der Waals surface area contributed by atoms with E-state index in [1.165, 1.54) is 11.2 Å². The zero-order valence-electron chi connectivity index (χ0n) is 13.6. The maximum atomic E-state index is 12.4. The Labute approximate surface area is 143 Å². The number of hydrogen-bond donors (Lipinski definition) is 2. The normalized spacial score (nSPS) is 16.9. The van der Waals surface area contributed by atoms with Gasteiger partial charge in [-0.2, -0.15) is 18.3 Å². The number of rotatable bonds is 5. The van der Waals surface area contributed by atoms with Crippen molar-refractivity contribution < 1.29 is 13.2 Å². The molecular weight excluding hydrogens is 335 g/mol. The number of alkyl halides is 3. The van der Waals surface area contributed by atoms with E-state index in [1.807, 2.05) is 0 Å². The van der Waals surface area contributed by atoms with Crippen molar-refractivity contribution in [2.45, 2.75) is 19.0 Å². The van der Waals surface area contributed by atoms with Crippen molar-refractivity contribution in [1.82, 2.24) is 24.6 Å². The Morgan fingerprint density at radius 3 is 2.64 bits per heavy atom. The fourth-order valence-corrected chi connectivity index (χ4v) is 2.95. The van der Waals surface area contributed by atoms with Crippen LogP contribution in [0, 0.1) is 5.92 Å². The van der Waals surface area contributed by atoms with Gasteiger partial charge in [-0.1, -0.05) is 0 Å². The molecule has 0 saturated carbocycles. The zero-order valence-corrected chi connectivity index (χ0v) is 13.6. The first-order valence-corrected chi connectivity index (χ1v) is 8.06. The first-order chi connectivity index (χ1) is 11.9. The summed E-state index contributed by atoms with van der Waals surface area (Å²) in [4.78, 5) is 9.73. The van der Waals surface area contributed by atoms with Crippen LogP contribution in [-0.4, -0.2) is 57.0 Å². The van der Waals surface area contributed by atoms with Gasteiger partial charge in [-0.05, 0) is 37.9 Å². The molecule has 1 aliphatic rings. The minimum Gasteiger partial charge on any atom is -0.393 e. The van der Waals surface area contributed by atoms with Crippen molar-refractivity contribution in [3.8, 4) is 5.82 Å². The molecule has 3 heterocycles. The fourth-order valence-electron chi connectivity index (χ4n) is 2.95. The molecule has 2 aromatic rings. The summed E-state index contributed by atoms with van der Waals surface area (Å²) in [5, 5.41) is 7.29. The van der Waals surface area contributed by atoms with Crippen LogP contribution in [0.2, 0.25) is 0 Å². The summed E-state index contributed by atoms with van der Waals surface area (Å²) in [7, 11) is 0. The zero-order chi connectivity index (χ0) is 17.9. The molecule has 25 heavy (non-hydrogen) atoms. The third-order valence-corrected chi connectivity index (χ3v) is 4.25. The molecule has 10 heteroatoms. The van der Waals surface area contributed by atoms with Crippen LogP contribution in [0.5, 0.6) is 0 Å². The Hall–Kier alpha value is -2.36. The van der Waals surface area contributed by atoms with Crippen molar-refractivity contribution in [3.05, 3.63) is 24.8 Å². The van der Waals surface area contributed by atoms with Gasteiger partial charge >= 0.3 is 6.18 Å². The van der Waals surface area contributed by atoms with E-state index >= 15 is 0 Å². The lowest BCUT2D eigenvalue weighted by molar-refractivity contribution is -0.148. The maximum Gasteiger partial charge on any atom is 0.401 e. The maximum absolute atomic E-state index is 12.4. The Morgan fingerprint density at radius 2 is 2.00 bits per heavy atom. The number of anilines is 2. The van der Waals surface area contributed by atoms with E-state index < -0.39 is 12.7 Å². The monoisotopic (exact) mass is 355 g/mol. The number of aromatic nitrogens is 4. The molecule has 2 aromatic heterocycles. The SMILES string of the molecule is Nc1c(NCC2CCN(CC(F)(F)F)CC2)ncnc1-n1cccn1. The summed E-state index contributed by atoms with van der Waals surface area (Å²) < 4.78 is 38.8. The van der Waals surface area contributed by atoms with E-state index in [0.717, 1.165) is 0 Å². The van der Waals surface area contributed by atoms with E-state index in [4.69, 9.17) is 5.73 Å². The summed E-state index contributed by atoms with van der Waals surface area (Å²) in [6.45, 7) is 0.673. The molecule has 0 spiro atoms. The molecule has 0 unspecified atom stereocenters. The topological polar surface area (TPSA) is 84.9 Å². The van der Waals surface area contributed by atoms with Crippen molar-refractivity contribution in [2.24, 2.45) is 5.92 Å². The minimum atomic E-state index is -4.14. The summed E-state index contributed by atoms with van der Waals surface area (Å²) in [5.41, 5.74) is 6.49. The van der Waals surface area contributed by atoms with Gasteiger partial charge in [0, 0.05) is 18.9 Å². The van der Waals surface area contributed by atoms with Crippen LogP contribution in [0.15, 0.2) is 24.8 Å². The summed E-state index contributed by atoms with van der Waals surface area (Å²) in [6, 6.07) is 1.77. The van der Waals surface area contributed by atoms with Gasteiger partial charge in [-0.15, -0.1) is 0 Å². The molecule has 0 bridgehead atoms. The van der Waals surface area contributed by atoms with Gasteiger partial charge in [0.2, 0.25) is 0 Å². The van der Waals surface area contributed by atoms with Crippen molar-refractivity contribution in [2.75, 3.05) is 37.2 Å². The predicted molar refractivity (Wildman–Crippen MR) is 87.3 cm³/mol. The van der Waals surface area contributed by atoms with E-state index in [0.29, 0.717) is 49.8 Å². The van der Waals surface area contributed by atoms with Crippen LogP contribution in [-0.2, 0) is 0 Å². The van der Waals surface area contributed by atoms with Gasteiger partial charge < -0.3 is 11.1 Å². The average molecular weight is 355 g/mol. The molecule has 7 nitrogen and oxygen atoms in total. The molecule has 3 rings (SSSR count). The second-order valence-corrected chi connectivity index (χ2v) is 6.13. The molecule has 0 amide bonds. The molecule has 0 atom stereocenters. The first kappa shape index (κ1) is 17.5. The van der Waals surface area contributed by atoms with Gasteiger partial charge in [0.15, 0.2) is 11.6 Å². The number of halogens is 3. The largest absolute Gasteiger partial charge is 0.401 e. The number of hydrogen-bond acceptors (Lipinski definition) is 6.